The lowest BCUT2D eigenvalue weighted by molar-refractivity contribution is 0.197. The highest BCUT2D eigenvalue weighted by atomic mass is 127. The molecule has 0 saturated carbocycles. The minimum absolute atomic E-state index is 0. The first-order valence-electron chi connectivity index (χ1n) is 8.33. The molecule has 0 bridgehead atoms. The fourth-order valence-corrected chi connectivity index (χ4v) is 2.63. The van der Waals surface area contributed by atoms with Gasteiger partial charge in [0.05, 0.1) is 0 Å². The van der Waals surface area contributed by atoms with Gasteiger partial charge in [-0.2, -0.15) is 0 Å². The number of nitrogens with zero attached hydrogens (tertiary/aromatic N) is 1. The Morgan fingerprint density at radius 3 is 2.88 bits per heavy atom. The normalized spacial score (nSPS) is 11.4. The summed E-state index contributed by atoms with van der Waals surface area (Å²) in [5.41, 5.74) is 3.86. The van der Waals surface area contributed by atoms with Crippen LogP contribution >= 0.6 is 24.0 Å². The molecule has 1 heterocycles. The number of H-pyrrole nitrogens is 1. The van der Waals surface area contributed by atoms with E-state index in [-0.39, 0.29) is 24.0 Å². The Morgan fingerprint density at radius 1 is 1.29 bits per heavy atom. The van der Waals surface area contributed by atoms with Crippen molar-refractivity contribution in [2.45, 2.75) is 26.7 Å². The molecule has 0 aliphatic rings. The fraction of sp³-hybridized carbons (Fsp3) is 0.500. The number of fused-ring (bicyclic) bond motifs is 1. The number of ether oxygens (including phenoxy) is 1. The lowest BCUT2D eigenvalue weighted by atomic mass is 10.1. The average Bonchev–Trinajstić information content (AvgIpc) is 2.96. The number of guanidine groups is 1. The van der Waals surface area contributed by atoms with Crippen molar-refractivity contribution in [1.82, 2.24) is 15.6 Å². The summed E-state index contributed by atoms with van der Waals surface area (Å²) in [4.78, 5) is 7.93. The summed E-state index contributed by atoms with van der Waals surface area (Å²) in [7, 11) is 1.72. The van der Waals surface area contributed by atoms with E-state index in [1.165, 1.54) is 22.0 Å². The van der Waals surface area contributed by atoms with E-state index in [1.807, 2.05) is 0 Å². The number of hydrogen-bond donors (Lipinski definition) is 3. The second kappa shape index (κ2) is 11.3. The Bertz CT molecular complexity index is 639. The Balaban J connectivity index is 0.00000288. The Labute approximate surface area is 161 Å². The predicted octanol–water partition coefficient (Wildman–Crippen LogP) is 3.23. The van der Waals surface area contributed by atoms with Crippen LogP contribution in [0.2, 0.25) is 0 Å². The minimum Gasteiger partial charge on any atom is -0.385 e. The van der Waals surface area contributed by atoms with Crippen molar-refractivity contribution in [3.05, 3.63) is 35.5 Å². The molecule has 0 amide bonds. The molecule has 0 unspecified atom stereocenters. The molecular weight excluding hydrogens is 415 g/mol. The first-order valence-corrected chi connectivity index (χ1v) is 8.33. The molecule has 2 aromatic rings. The molecule has 1 aromatic carbocycles. The predicted molar refractivity (Wildman–Crippen MR) is 113 cm³/mol. The van der Waals surface area contributed by atoms with Crippen LogP contribution in [0.5, 0.6) is 0 Å². The quantitative estimate of drug-likeness (QED) is 0.254. The van der Waals surface area contributed by atoms with Gasteiger partial charge in [-0.05, 0) is 37.8 Å². The van der Waals surface area contributed by atoms with Gasteiger partial charge in [0.1, 0.15) is 0 Å². The SMILES string of the molecule is CCNC(=NCCCOC)NCCc1c[nH]c2c(C)cccc12.I. The maximum atomic E-state index is 5.05. The van der Waals surface area contributed by atoms with E-state index in [2.05, 4.69) is 58.9 Å². The van der Waals surface area contributed by atoms with Gasteiger partial charge in [0.25, 0.3) is 0 Å². The van der Waals surface area contributed by atoms with Crippen molar-refractivity contribution in [3.63, 3.8) is 0 Å². The van der Waals surface area contributed by atoms with Crippen LogP contribution in [0, 0.1) is 6.92 Å². The number of halogens is 1. The van der Waals surface area contributed by atoms with Crippen LogP contribution in [0.1, 0.15) is 24.5 Å². The highest BCUT2D eigenvalue weighted by Gasteiger charge is 2.05. The lowest BCUT2D eigenvalue weighted by Gasteiger charge is -2.11. The van der Waals surface area contributed by atoms with Gasteiger partial charge >= 0.3 is 0 Å². The van der Waals surface area contributed by atoms with E-state index >= 15 is 0 Å². The van der Waals surface area contributed by atoms with Crippen LogP contribution < -0.4 is 10.6 Å². The van der Waals surface area contributed by atoms with Crippen LogP contribution in [0.15, 0.2) is 29.4 Å². The highest BCUT2D eigenvalue weighted by Crippen LogP contribution is 2.21. The Kier molecular flexibility index (Phi) is 9.78. The molecule has 5 nitrogen and oxygen atoms in total. The van der Waals surface area contributed by atoms with E-state index in [0.717, 1.165) is 45.0 Å². The second-order valence-corrected chi connectivity index (χ2v) is 5.60. The molecule has 0 spiro atoms. The fourth-order valence-electron chi connectivity index (χ4n) is 2.63. The zero-order valence-corrected chi connectivity index (χ0v) is 17.1. The van der Waals surface area contributed by atoms with Gasteiger partial charge in [-0.1, -0.05) is 18.2 Å². The number of aliphatic imine (C=N–C) groups is 1. The number of methoxy groups -OCH3 is 1. The number of aryl methyl sites for hydroxylation is 1. The van der Waals surface area contributed by atoms with Crippen molar-refractivity contribution >= 4 is 40.8 Å². The maximum Gasteiger partial charge on any atom is 0.191 e. The molecule has 6 heteroatoms. The molecule has 0 radical (unpaired) electrons. The van der Waals surface area contributed by atoms with E-state index in [9.17, 15) is 0 Å². The summed E-state index contributed by atoms with van der Waals surface area (Å²) in [5, 5.41) is 7.99. The summed E-state index contributed by atoms with van der Waals surface area (Å²) in [6, 6.07) is 6.43. The van der Waals surface area contributed by atoms with Gasteiger partial charge in [0.15, 0.2) is 5.96 Å². The molecule has 134 valence electrons. The van der Waals surface area contributed by atoms with E-state index in [4.69, 9.17) is 4.74 Å². The number of rotatable bonds is 8. The number of para-hydroxylation sites is 1. The van der Waals surface area contributed by atoms with Gasteiger partial charge in [-0.25, -0.2) is 0 Å². The Morgan fingerprint density at radius 2 is 2.12 bits per heavy atom. The minimum atomic E-state index is 0. The summed E-state index contributed by atoms with van der Waals surface area (Å²) >= 11 is 0. The molecule has 1 aromatic heterocycles. The van der Waals surface area contributed by atoms with Crippen LogP contribution in [0.4, 0.5) is 0 Å². The topological polar surface area (TPSA) is 61.4 Å². The number of hydrogen-bond acceptors (Lipinski definition) is 2. The van der Waals surface area contributed by atoms with E-state index in [1.54, 1.807) is 7.11 Å². The monoisotopic (exact) mass is 444 g/mol. The van der Waals surface area contributed by atoms with Gasteiger partial charge in [0.2, 0.25) is 0 Å². The molecule has 0 atom stereocenters. The largest absolute Gasteiger partial charge is 0.385 e. The third-order valence-corrected chi connectivity index (χ3v) is 3.82. The van der Waals surface area contributed by atoms with Crippen molar-refractivity contribution in [2.24, 2.45) is 4.99 Å². The Hall–Kier alpha value is -1.28. The van der Waals surface area contributed by atoms with Gasteiger partial charge in [-0.15, -0.1) is 24.0 Å². The third kappa shape index (κ3) is 5.98. The van der Waals surface area contributed by atoms with Crippen molar-refractivity contribution in [3.8, 4) is 0 Å². The van der Waals surface area contributed by atoms with Crippen LogP contribution in [-0.2, 0) is 11.2 Å². The van der Waals surface area contributed by atoms with Gasteiger partial charge in [0, 0.05) is 50.5 Å². The lowest BCUT2D eigenvalue weighted by Crippen LogP contribution is -2.38. The maximum absolute atomic E-state index is 5.05. The molecule has 3 N–H and O–H groups in total. The molecule has 0 fully saturated rings. The molecule has 24 heavy (non-hydrogen) atoms. The summed E-state index contributed by atoms with van der Waals surface area (Å²) < 4.78 is 5.05. The number of aromatic nitrogens is 1. The van der Waals surface area contributed by atoms with Gasteiger partial charge in [-0.3, -0.25) is 4.99 Å². The van der Waals surface area contributed by atoms with Gasteiger partial charge < -0.3 is 20.4 Å². The summed E-state index contributed by atoms with van der Waals surface area (Å²) in [5.74, 6) is 0.875. The van der Waals surface area contributed by atoms with Crippen LogP contribution in [0.3, 0.4) is 0 Å². The van der Waals surface area contributed by atoms with E-state index < -0.39 is 0 Å². The van der Waals surface area contributed by atoms with E-state index in [0.29, 0.717) is 0 Å². The molecular formula is C18H29IN4O. The zero-order valence-electron chi connectivity index (χ0n) is 14.8. The molecule has 0 aliphatic heterocycles. The summed E-state index contributed by atoms with van der Waals surface area (Å²) in [6.45, 7) is 7.46. The van der Waals surface area contributed by atoms with Crippen LogP contribution in [0.25, 0.3) is 10.9 Å². The highest BCUT2D eigenvalue weighted by molar-refractivity contribution is 14.0. The smallest absolute Gasteiger partial charge is 0.191 e. The molecule has 0 saturated heterocycles. The number of benzene rings is 1. The first-order chi connectivity index (χ1) is 11.3. The zero-order chi connectivity index (χ0) is 16.5. The number of nitrogens with one attached hydrogen (secondary N) is 3. The summed E-state index contributed by atoms with van der Waals surface area (Å²) in [6.07, 6.45) is 4.02. The second-order valence-electron chi connectivity index (χ2n) is 5.60. The van der Waals surface area contributed by atoms with Crippen LogP contribution in [-0.4, -0.2) is 44.3 Å². The average molecular weight is 444 g/mol. The number of aromatic amines is 1. The third-order valence-electron chi connectivity index (χ3n) is 3.82. The standard InChI is InChI=1S/C18H28N4O.HI/c1-4-19-18(20-10-6-12-23-3)21-11-9-15-13-22-17-14(2)7-5-8-16(15)17;/h5,7-8,13,22H,4,6,9-12H2,1-3H3,(H2,19,20,21);1H. The van der Waals surface area contributed by atoms with Crippen molar-refractivity contribution in [2.75, 3.05) is 33.4 Å². The molecule has 0 aliphatic carbocycles. The molecule has 2 rings (SSSR count). The van der Waals surface area contributed by atoms with Crippen molar-refractivity contribution in [1.29, 1.82) is 0 Å². The van der Waals surface area contributed by atoms with Crippen molar-refractivity contribution < 1.29 is 4.74 Å². The first kappa shape index (κ1) is 20.8.